The molecule has 0 saturated heterocycles. The van der Waals surface area contributed by atoms with Gasteiger partial charge in [-0.05, 0) is 0 Å². The van der Waals surface area contributed by atoms with Crippen molar-refractivity contribution in [3.63, 3.8) is 0 Å². The van der Waals surface area contributed by atoms with Gasteiger partial charge in [0.1, 0.15) is 0 Å². The minimum atomic E-state index is -3.88. The van der Waals surface area contributed by atoms with E-state index in [9.17, 15) is 8.42 Å². The molecular weight excluding hydrogens is 210 g/mol. The first-order chi connectivity index (χ1) is 6.49. The monoisotopic (exact) mass is 219 g/mol. The van der Waals surface area contributed by atoms with E-state index in [1.807, 2.05) is 0 Å². The molecule has 14 heavy (non-hydrogen) atoms. The first-order valence-electron chi connectivity index (χ1n) is 3.47. The third-order valence-corrected chi connectivity index (χ3v) is 2.28. The van der Waals surface area contributed by atoms with Gasteiger partial charge in [0.25, 0.3) is 0 Å². The lowest BCUT2D eigenvalue weighted by Crippen LogP contribution is -2.14. The highest BCUT2D eigenvalue weighted by atomic mass is 32.2. The van der Waals surface area contributed by atoms with Gasteiger partial charge in [0, 0.05) is 0 Å². The number of hydrogen-bond donors (Lipinski definition) is 1. The van der Waals surface area contributed by atoms with E-state index in [1.54, 1.807) is 0 Å². The van der Waals surface area contributed by atoms with Crippen molar-refractivity contribution in [1.82, 2.24) is 9.97 Å². The lowest BCUT2D eigenvalue weighted by molar-refractivity contribution is 0.344. The Hall–Kier alpha value is -1.41. The Labute approximate surface area is 80.9 Å². The quantitative estimate of drug-likeness (QED) is 0.709. The minimum Gasteiger partial charge on any atom is -0.480 e. The van der Waals surface area contributed by atoms with E-state index in [1.165, 1.54) is 14.2 Å². The lowest BCUT2D eigenvalue weighted by atomic mass is 10.6. The van der Waals surface area contributed by atoms with E-state index in [0.717, 1.165) is 6.20 Å². The number of sulfonamides is 1. The van der Waals surface area contributed by atoms with Crippen molar-refractivity contribution in [3.05, 3.63) is 6.20 Å². The first kappa shape index (κ1) is 10.7. The number of aromatic nitrogens is 2. The zero-order valence-electron chi connectivity index (χ0n) is 7.59. The van der Waals surface area contributed by atoms with Crippen molar-refractivity contribution in [2.75, 3.05) is 14.2 Å². The van der Waals surface area contributed by atoms with Crippen LogP contribution < -0.4 is 14.6 Å². The van der Waals surface area contributed by atoms with Crippen LogP contribution in [0, 0.1) is 0 Å². The van der Waals surface area contributed by atoms with Crippen LogP contribution >= 0.6 is 0 Å². The summed E-state index contributed by atoms with van der Waals surface area (Å²) in [6.07, 6.45) is 1.03. The van der Waals surface area contributed by atoms with E-state index in [2.05, 4.69) is 14.7 Å². The third kappa shape index (κ3) is 2.09. The van der Waals surface area contributed by atoms with E-state index in [0.29, 0.717) is 0 Å². The van der Waals surface area contributed by atoms with Crippen LogP contribution in [0.4, 0.5) is 0 Å². The molecule has 0 amide bonds. The molecule has 0 bridgehead atoms. The van der Waals surface area contributed by atoms with E-state index < -0.39 is 10.0 Å². The number of primary sulfonamides is 1. The fraction of sp³-hybridized carbons (Fsp3) is 0.333. The fourth-order valence-electron chi connectivity index (χ4n) is 0.780. The van der Waals surface area contributed by atoms with Gasteiger partial charge in [-0.1, -0.05) is 0 Å². The van der Waals surface area contributed by atoms with E-state index in [4.69, 9.17) is 9.88 Å². The second-order valence-corrected chi connectivity index (χ2v) is 3.81. The molecule has 1 aromatic rings. The molecule has 0 aromatic carbocycles. The zero-order valence-corrected chi connectivity index (χ0v) is 8.41. The number of ether oxygens (including phenoxy) is 2. The maximum absolute atomic E-state index is 11.0. The number of hydrogen-bond acceptors (Lipinski definition) is 6. The molecule has 0 radical (unpaired) electrons. The molecule has 1 aromatic heterocycles. The van der Waals surface area contributed by atoms with Crippen molar-refractivity contribution in [2.24, 2.45) is 5.14 Å². The molecule has 2 N–H and O–H groups in total. The molecule has 0 aliphatic rings. The summed E-state index contributed by atoms with van der Waals surface area (Å²) >= 11 is 0. The van der Waals surface area contributed by atoms with Gasteiger partial charge in [-0.15, -0.1) is 0 Å². The SMILES string of the molecule is COc1ncc(S(N)(=O)=O)c(OC)n1. The van der Waals surface area contributed by atoms with Crippen molar-refractivity contribution < 1.29 is 17.9 Å². The average Bonchev–Trinajstić information content (AvgIpc) is 2.15. The molecule has 1 rings (SSSR count). The highest BCUT2D eigenvalue weighted by molar-refractivity contribution is 7.89. The van der Waals surface area contributed by atoms with Gasteiger partial charge in [0.15, 0.2) is 4.90 Å². The molecule has 0 atom stereocenters. The lowest BCUT2D eigenvalue weighted by Gasteiger charge is -2.05. The average molecular weight is 219 g/mol. The van der Waals surface area contributed by atoms with Gasteiger partial charge in [-0.25, -0.2) is 18.5 Å². The van der Waals surface area contributed by atoms with Gasteiger partial charge < -0.3 is 9.47 Å². The molecule has 0 unspecified atom stereocenters. The van der Waals surface area contributed by atoms with E-state index in [-0.39, 0.29) is 16.8 Å². The Morgan fingerprint density at radius 3 is 2.43 bits per heavy atom. The first-order valence-corrected chi connectivity index (χ1v) is 5.01. The van der Waals surface area contributed by atoms with E-state index >= 15 is 0 Å². The predicted molar refractivity (Wildman–Crippen MR) is 46.5 cm³/mol. The van der Waals surface area contributed by atoms with Gasteiger partial charge in [0.05, 0.1) is 20.4 Å². The Morgan fingerprint density at radius 2 is 2.00 bits per heavy atom. The summed E-state index contributed by atoms with van der Waals surface area (Å²) < 4.78 is 31.4. The number of rotatable bonds is 3. The van der Waals surface area contributed by atoms with Crippen molar-refractivity contribution in [3.8, 4) is 11.9 Å². The van der Waals surface area contributed by atoms with Gasteiger partial charge >= 0.3 is 6.01 Å². The summed E-state index contributed by atoms with van der Waals surface area (Å²) in [7, 11) is -1.25. The van der Waals surface area contributed by atoms with Crippen LogP contribution in [0.25, 0.3) is 0 Å². The Bertz CT molecular complexity index is 431. The molecule has 0 fully saturated rings. The second-order valence-electron chi connectivity index (χ2n) is 2.28. The summed E-state index contributed by atoms with van der Waals surface area (Å²) in [6.45, 7) is 0. The number of methoxy groups -OCH3 is 2. The molecule has 78 valence electrons. The van der Waals surface area contributed by atoms with Crippen molar-refractivity contribution >= 4 is 10.0 Å². The van der Waals surface area contributed by atoms with Gasteiger partial charge in [0.2, 0.25) is 15.9 Å². The van der Waals surface area contributed by atoms with Crippen LogP contribution in [0.15, 0.2) is 11.1 Å². The molecule has 0 aliphatic heterocycles. The van der Waals surface area contributed by atoms with Gasteiger partial charge in [-0.2, -0.15) is 4.98 Å². The van der Waals surface area contributed by atoms with Crippen LogP contribution in [-0.4, -0.2) is 32.6 Å². The highest BCUT2D eigenvalue weighted by Crippen LogP contribution is 2.20. The van der Waals surface area contributed by atoms with Crippen LogP contribution in [0.2, 0.25) is 0 Å². The molecule has 1 heterocycles. The van der Waals surface area contributed by atoms with Crippen LogP contribution in [0.5, 0.6) is 11.9 Å². The maximum Gasteiger partial charge on any atom is 0.319 e. The fourth-order valence-corrected chi connectivity index (χ4v) is 1.35. The summed E-state index contributed by atoms with van der Waals surface area (Å²) in [5, 5.41) is 4.90. The number of nitrogens with zero attached hydrogens (tertiary/aromatic N) is 2. The largest absolute Gasteiger partial charge is 0.480 e. The third-order valence-electron chi connectivity index (χ3n) is 1.38. The highest BCUT2D eigenvalue weighted by Gasteiger charge is 2.17. The zero-order chi connectivity index (χ0) is 10.8. The smallest absolute Gasteiger partial charge is 0.319 e. The molecular formula is C6H9N3O4S. The molecule has 8 heteroatoms. The molecule has 0 spiro atoms. The Morgan fingerprint density at radius 1 is 1.36 bits per heavy atom. The van der Waals surface area contributed by atoms with Crippen molar-refractivity contribution in [1.29, 1.82) is 0 Å². The summed E-state index contributed by atoms with van der Waals surface area (Å²) in [4.78, 5) is 6.98. The van der Waals surface area contributed by atoms with Crippen molar-refractivity contribution in [2.45, 2.75) is 4.90 Å². The summed E-state index contributed by atoms with van der Waals surface area (Å²) in [5.74, 6) is -0.139. The topological polar surface area (TPSA) is 104 Å². The second kappa shape index (κ2) is 3.76. The predicted octanol–water partition coefficient (Wildman–Crippen LogP) is -0.859. The standard InChI is InChI=1S/C6H9N3O4S/c1-12-5-4(14(7,10)11)3-8-6(9-5)13-2/h3H,1-2H3,(H2,7,10,11). The van der Waals surface area contributed by atoms with Crippen LogP contribution in [0.3, 0.4) is 0 Å². The Balaban J connectivity index is 3.33. The minimum absolute atomic E-state index is 0.00856. The molecule has 0 saturated carbocycles. The van der Waals surface area contributed by atoms with Crippen LogP contribution in [0.1, 0.15) is 0 Å². The summed E-state index contributed by atoms with van der Waals surface area (Å²) in [5.41, 5.74) is 0. The number of nitrogens with two attached hydrogens (primary N) is 1. The summed E-state index contributed by atoms with van der Waals surface area (Å²) in [6, 6.07) is 0.00856. The van der Waals surface area contributed by atoms with Gasteiger partial charge in [-0.3, -0.25) is 0 Å². The molecule has 7 nitrogen and oxygen atoms in total. The Kier molecular flexibility index (Phi) is 2.87. The van der Waals surface area contributed by atoms with Crippen LogP contribution in [-0.2, 0) is 10.0 Å². The normalized spacial score (nSPS) is 11.1. The molecule has 0 aliphatic carbocycles. The maximum atomic E-state index is 11.0.